The van der Waals surface area contributed by atoms with Crippen molar-refractivity contribution in [3.8, 4) is 0 Å². The third-order valence-electron chi connectivity index (χ3n) is 0. The van der Waals surface area contributed by atoms with Crippen molar-refractivity contribution in [3.05, 3.63) is 30.6 Å². The third-order valence-corrected chi connectivity index (χ3v) is 0. The molecule has 0 unspecified atom stereocenters. The van der Waals surface area contributed by atoms with Crippen molar-refractivity contribution in [2.24, 2.45) is 11.5 Å². The van der Waals surface area contributed by atoms with Gasteiger partial charge in [-0.2, -0.15) is 0 Å². The summed E-state index contributed by atoms with van der Waals surface area (Å²) < 4.78 is 0. The minimum Gasteiger partial charge on any atom is -0.356 e. The van der Waals surface area contributed by atoms with E-state index in [0.717, 1.165) is 0 Å². The van der Waals surface area contributed by atoms with Gasteiger partial charge in [-0.05, 0) is 0 Å². The molecular weight excluding hydrogens is 204 g/mol. The first kappa shape index (κ1) is 22.5. The van der Waals surface area contributed by atoms with Crippen molar-refractivity contribution in [3.63, 3.8) is 0 Å². The van der Waals surface area contributed by atoms with Gasteiger partial charge in [0.25, 0.3) is 0 Å². The van der Waals surface area contributed by atoms with Crippen LogP contribution in [0.2, 0.25) is 0 Å². The van der Waals surface area contributed by atoms with Gasteiger partial charge in [0.05, 0.1) is 10.2 Å². The molecule has 0 saturated carbocycles. The van der Waals surface area contributed by atoms with Gasteiger partial charge in [0.2, 0.25) is 0 Å². The Morgan fingerprint density at radius 3 is 0.923 bits per heavy atom. The molecular formula is CH4MgN4O7. The minimum absolute atomic E-state index is 0. The summed E-state index contributed by atoms with van der Waals surface area (Å²) in [5, 5.41) is 29.5. The van der Waals surface area contributed by atoms with E-state index in [1.165, 1.54) is 0 Å². The molecule has 0 aromatic heterocycles. The molecule has 0 aromatic rings. The molecule has 13 heavy (non-hydrogen) atoms. The van der Waals surface area contributed by atoms with E-state index in [2.05, 4.69) is 11.5 Å². The number of carbonyl (C=O) groups is 1. The first-order valence-electron chi connectivity index (χ1n) is 1.88. The fourth-order valence-corrected chi connectivity index (χ4v) is 0. The van der Waals surface area contributed by atoms with Crippen LogP contribution in [0.25, 0.3) is 0 Å². The summed E-state index contributed by atoms with van der Waals surface area (Å²) >= 11 is 0. The van der Waals surface area contributed by atoms with Crippen LogP contribution in [-0.4, -0.2) is 39.3 Å². The number of urea groups is 1. The van der Waals surface area contributed by atoms with Crippen molar-refractivity contribution in [2.75, 3.05) is 0 Å². The summed E-state index contributed by atoms with van der Waals surface area (Å²) in [7, 11) is 0. The van der Waals surface area contributed by atoms with Crippen LogP contribution in [-0.2, 0) is 0 Å². The van der Waals surface area contributed by atoms with E-state index in [4.69, 9.17) is 35.4 Å². The van der Waals surface area contributed by atoms with Gasteiger partial charge in [-0.25, -0.2) is 4.79 Å². The molecule has 0 saturated heterocycles. The van der Waals surface area contributed by atoms with E-state index in [1.807, 2.05) is 0 Å². The number of primary amides is 2. The molecule has 0 aliphatic rings. The van der Waals surface area contributed by atoms with E-state index in [-0.39, 0.29) is 23.1 Å². The third kappa shape index (κ3) is 304. The first-order valence-corrected chi connectivity index (χ1v) is 1.88. The van der Waals surface area contributed by atoms with Gasteiger partial charge in [0.1, 0.15) is 0 Å². The fourth-order valence-electron chi connectivity index (χ4n) is 0. The van der Waals surface area contributed by atoms with E-state index in [1.54, 1.807) is 0 Å². The zero-order valence-corrected chi connectivity index (χ0v) is 7.53. The zero-order chi connectivity index (χ0) is 10.7. The molecule has 11 nitrogen and oxygen atoms in total. The second kappa shape index (κ2) is 16.8. The van der Waals surface area contributed by atoms with Crippen molar-refractivity contribution < 1.29 is 15.0 Å². The molecule has 0 aliphatic carbocycles. The van der Waals surface area contributed by atoms with Crippen LogP contribution < -0.4 is 11.5 Å². The Balaban J connectivity index is -0.0000000450. The molecule has 0 heterocycles. The molecule has 0 fully saturated rings. The number of nitrogens with zero attached hydrogens (tertiary/aromatic N) is 2. The van der Waals surface area contributed by atoms with Crippen molar-refractivity contribution in [1.29, 1.82) is 0 Å². The van der Waals surface area contributed by atoms with Crippen LogP contribution in [0.5, 0.6) is 0 Å². The van der Waals surface area contributed by atoms with Crippen LogP contribution >= 0.6 is 0 Å². The number of amides is 2. The van der Waals surface area contributed by atoms with Crippen LogP contribution in [0.15, 0.2) is 0 Å². The van der Waals surface area contributed by atoms with E-state index < -0.39 is 16.2 Å². The fraction of sp³-hybridized carbons (Fsp3) is 0. The molecule has 72 valence electrons. The average molecular weight is 208 g/mol. The quantitative estimate of drug-likeness (QED) is 0.264. The summed E-state index contributed by atoms with van der Waals surface area (Å²) in [4.78, 5) is 25.5. The Labute approximate surface area is 86.7 Å². The predicted molar refractivity (Wildman–Crippen MR) is 40.2 cm³/mol. The zero-order valence-electron chi connectivity index (χ0n) is 6.11. The second-order valence-corrected chi connectivity index (χ2v) is 0.850. The Morgan fingerprint density at radius 2 is 0.923 bits per heavy atom. The van der Waals surface area contributed by atoms with Gasteiger partial charge in [0.15, 0.2) is 0 Å². The average Bonchev–Trinajstić information content (AvgIpc) is 1.54. The Kier molecular flexibility index (Phi) is 29.1. The Morgan fingerprint density at radius 1 is 0.923 bits per heavy atom. The minimum atomic E-state index is -1.75. The first-order chi connectivity index (χ1) is 5.20. The maximum atomic E-state index is 9.00. The van der Waals surface area contributed by atoms with Crippen molar-refractivity contribution in [2.45, 2.75) is 0 Å². The molecule has 0 atom stereocenters. The monoisotopic (exact) mass is 208 g/mol. The molecule has 4 N–H and O–H groups in total. The number of nitrogens with two attached hydrogens (primary N) is 2. The maximum Gasteiger partial charge on any atom is 2.00 e. The van der Waals surface area contributed by atoms with E-state index in [9.17, 15) is 0 Å². The SMILES string of the molecule is NC(N)=O.O=[N+]([O-])[O-].O=[N+]([O-])[O-].[Mg+2]. The molecule has 12 heteroatoms. The predicted octanol–water partition coefficient (Wildman–Crippen LogP) is -1.84. The maximum absolute atomic E-state index is 9.00. The van der Waals surface area contributed by atoms with Gasteiger partial charge in [-0.1, -0.05) is 0 Å². The number of carbonyl (C=O) groups excluding carboxylic acids is 1. The molecule has 0 bridgehead atoms. The van der Waals surface area contributed by atoms with Gasteiger partial charge in [-0.15, -0.1) is 0 Å². The normalized spacial score (nSPS) is 5.54. The number of hydrogen-bond acceptors (Lipinski definition) is 7. The van der Waals surface area contributed by atoms with E-state index in [0.29, 0.717) is 0 Å². The Bertz CT molecular complexity index is 118. The molecule has 0 aromatic carbocycles. The standard InChI is InChI=1S/CH4N2O.Mg.2NO3/c2-1(3)4;;2*2-1(3)4/h(H4,2,3,4);;;/q;+2;2*-1. The van der Waals surface area contributed by atoms with Crippen LogP contribution in [0.4, 0.5) is 4.79 Å². The number of hydrogen-bond donors (Lipinski definition) is 2. The summed E-state index contributed by atoms with van der Waals surface area (Å²) in [5.74, 6) is 0. The van der Waals surface area contributed by atoms with Gasteiger partial charge in [-0.3, -0.25) is 0 Å². The van der Waals surface area contributed by atoms with Gasteiger partial charge < -0.3 is 42.1 Å². The topological polar surface area (TPSA) is 202 Å². The molecule has 0 radical (unpaired) electrons. The molecule has 2 amide bonds. The van der Waals surface area contributed by atoms with Crippen LogP contribution in [0, 0.1) is 30.6 Å². The van der Waals surface area contributed by atoms with Crippen LogP contribution in [0.1, 0.15) is 0 Å². The van der Waals surface area contributed by atoms with Crippen molar-refractivity contribution >= 4 is 29.1 Å². The largest absolute Gasteiger partial charge is 2.00 e. The van der Waals surface area contributed by atoms with Crippen molar-refractivity contribution in [1.82, 2.24) is 0 Å². The second-order valence-electron chi connectivity index (χ2n) is 0.850. The number of rotatable bonds is 0. The molecule has 0 rings (SSSR count). The Hall–Kier alpha value is -1.56. The molecule has 0 aliphatic heterocycles. The summed E-state index contributed by atoms with van der Waals surface area (Å²) in [6.07, 6.45) is 0. The molecule has 0 spiro atoms. The van der Waals surface area contributed by atoms with E-state index >= 15 is 0 Å². The summed E-state index contributed by atoms with van der Waals surface area (Å²) in [6, 6.07) is -0.833. The summed E-state index contributed by atoms with van der Waals surface area (Å²) in [6.45, 7) is 0. The van der Waals surface area contributed by atoms with Gasteiger partial charge in [0, 0.05) is 0 Å². The van der Waals surface area contributed by atoms with Gasteiger partial charge >= 0.3 is 29.1 Å². The smallest absolute Gasteiger partial charge is 0.356 e. The summed E-state index contributed by atoms with van der Waals surface area (Å²) in [5.41, 5.74) is 8.50. The van der Waals surface area contributed by atoms with Crippen LogP contribution in [0.3, 0.4) is 0 Å².